The average Bonchev–Trinajstić information content (AvgIpc) is 2.31. The van der Waals surface area contributed by atoms with E-state index >= 15 is 0 Å². The Kier molecular flexibility index (Phi) is 6.61. The van der Waals surface area contributed by atoms with Gasteiger partial charge in [0.1, 0.15) is 17.6 Å². The zero-order valence-electron chi connectivity index (χ0n) is 11.3. The van der Waals surface area contributed by atoms with Gasteiger partial charge in [-0.25, -0.2) is 0 Å². The lowest BCUT2D eigenvalue weighted by Crippen LogP contribution is -2.29. The Balaban J connectivity index is 2.58. The van der Waals surface area contributed by atoms with E-state index in [1.165, 1.54) is 18.2 Å². The summed E-state index contributed by atoms with van der Waals surface area (Å²) < 4.78 is 46.0. The minimum atomic E-state index is -4.71. The van der Waals surface area contributed by atoms with Crippen molar-refractivity contribution in [3.8, 4) is 11.5 Å². The van der Waals surface area contributed by atoms with Gasteiger partial charge in [0.25, 0.3) is 0 Å². The second-order valence-electron chi connectivity index (χ2n) is 4.27. The molecule has 0 aliphatic carbocycles. The Hall–Kier alpha value is -0.950. The van der Waals surface area contributed by atoms with E-state index in [1.54, 1.807) is 0 Å². The molecule has 0 amide bonds. The fraction of sp³-hybridized carbons (Fsp3) is 0.538. The fourth-order valence-electron chi connectivity index (χ4n) is 1.52. The molecule has 1 aromatic rings. The summed E-state index contributed by atoms with van der Waals surface area (Å²) in [5.74, 6) is 0.193. The SMILES string of the molecule is CCCNCC(C)Oc1ccc(OC(F)(F)F)c(Br)c1. The molecule has 7 heteroatoms. The topological polar surface area (TPSA) is 30.5 Å². The van der Waals surface area contributed by atoms with Crippen LogP contribution >= 0.6 is 15.9 Å². The molecule has 1 rings (SSSR count). The summed E-state index contributed by atoms with van der Waals surface area (Å²) in [7, 11) is 0. The first-order valence-electron chi connectivity index (χ1n) is 6.24. The highest BCUT2D eigenvalue weighted by Crippen LogP contribution is 2.33. The van der Waals surface area contributed by atoms with Crippen LogP contribution in [0.15, 0.2) is 22.7 Å². The predicted octanol–water partition coefficient (Wildman–Crippen LogP) is 4.11. The molecule has 0 fully saturated rings. The quantitative estimate of drug-likeness (QED) is 0.746. The van der Waals surface area contributed by atoms with Gasteiger partial charge in [-0.05, 0) is 54.0 Å². The summed E-state index contributed by atoms with van der Waals surface area (Å²) in [6.45, 7) is 5.52. The minimum absolute atomic E-state index is 0.0807. The lowest BCUT2D eigenvalue weighted by atomic mass is 10.3. The number of rotatable bonds is 7. The number of ether oxygens (including phenoxy) is 2. The van der Waals surface area contributed by atoms with Crippen LogP contribution in [0, 0.1) is 0 Å². The third kappa shape index (κ3) is 6.47. The number of halogens is 4. The summed E-state index contributed by atoms with van der Waals surface area (Å²) in [6, 6.07) is 4.12. The van der Waals surface area contributed by atoms with Crippen LogP contribution in [0.4, 0.5) is 13.2 Å². The first-order chi connectivity index (χ1) is 9.31. The van der Waals surface area contributed by atoms with Crippen molar-refractivity contribution in [2.75, 3.05) is 13.1 Å². The molecular weight excluding hydrogens is 339 g/mol. The van der Waals surface area contributed by atoms with E-state index in [2.05, 4.69) is 32.9 Å². The number of nitrogens with one attached hydrogen (secondary N) is 1. The molecule has 114 valence electrons. The van der Waals surface area contributed by atoms with Gasteiger partial charge in [-0.3, -0.25) is 0 Å². The third-order valence-electron chi connectivity index (χ3n) is 2.32. The van der Waals surface area contributed by atoms with Crippen molar-refractivity contribution in [3.63, 3.8) is 0 Å². The van der Waals surface area contributed by atoms with E-state index in [-0.39, 0.29) is 16.3 Å². The standard InChI is InChI=1S/C13H17BrF3NO2/c1-3-6-18-8-9(2)19-10-4-5-12(11(14)7-10)20-13(15,16)17/h4-5,7,9,18H,3,6,8H2,1-2H3. The van der Waals surface area contributed by atoms with Crippen molar-refractivity contribution < 1.29 is 22.6 Å². The van der Waals surface area contributed by atoms with Crippen LogP contribution in [-0.4, -0.2) is 25.6 Å². The highest BCUT2D eigenvalue weighted by atomic mass is 79.9. The van der Waals surface area contributed by atoms with Crippen molar-refractivity contribution in [1.82, 2.24) is 5.32 Å². The molecule has 0 aromatic heterocycles. The van der Waals surface area contributed by atoms with Gasteiger partial charge in [-0.2, -0.15) is 0 Å². The zero-order chi connectivity index (χ0) is 15.2. The van der Waals surface area contributed by atoms with Gasteiger partial charge < -0.3 is 14.8 Å². The molecule has 0 aliphatic rings. The molecular formula is C13H17BrF3NO2. The van der Waals surface area contributed by atoms with Crippen molar-refractivity contribution in [3.05, 3.63) is 22.7 Å². The first-order valence-corrected chi connectivity index (χ1v) is 7.03. The third-order valence-corrected chi connectivity index (χ3v) is 2.94. The zero-order valence-corrected chi connectivity index (χ0v) is 12.8. The minimum Gasteiger partial charge on any atom is -0.489 e. The second kappa shape index (κ2) is 7.73. The Morgan fingerprint density at radius 2 is 2.05 bits per heavy atom. The van der Waals surface area contributed by atoms with Crippen LogP contribution in [0.3, 0.4) is 0 Å². The molecule has 1 N–H and O–H groups in total. The van der Waals surface area contributed by atoms with Crippen LogP contribution in [0.25, 0.3) is 0 Å². The highest BCUT2D eigenvalue weighted by molar-refractivity contribution is 9.10. The van der Waals surface area contributed by atoms with E-state index < -0.39 is 6.36 Å². The molecule has 3 nitrogen and oxygen atoms in total. The van der Waals surface area contributed by atoms with Crippen molar-refractivity contribution in [2.24, 2.45) is 0 Å². The highest BCUT2D eigenvalue weighted by Gasteiger charge is 2.32. The van der Waals surface area contributed by atoms with E-state index in [0.717, 1.165) is 13.0 Å². The van der Waals surface area contributed by atoms with Gasteiger partial charge >= 0.3 is 6.36 Å². The van der Waals surface area contributed by atoms with Crippen molar-refractivity contribution in [2.45, 2.75) is 32.7 Å². The monoisotopic (exact) mass is 355 g/mol. The summed E-state index contributed by atoms with van der Waals surface area (Å²) in [6.07, 6.45) is -3.76. The summed E-state index contributed by atoms with van der Waals surface area (Å²) in [4.78, 5) is 0. The lowest BCUT2D eigenvalue weighted by Gasteiger charge is -2.16. The number of hydrogen-bond donors (Lipinski definition) is 1. The molecule has 0 radical (unpaired) electrons. The van der Waals surface area contributed by atoms with Crippen molar-refractivity contribution in [1.29, 1.82) is 0 Å². The van der Waals surface area contributed by atoms with E-state index in [9.17, 15) is 13.2 Å². The Bertz CT molecular complexity index is 427. The van der Waals surface area contributed by atoms with Gasteiger partial charge in [-0.15, -0.1) is 13.2 Å². The van der Waals surface area contributed by atoms with Crippen LogP contribution in [0.5, 0.6) is 11.5 Å². The van der Waals surface area contributed by atoms with Gasteiger partial charge in [0.2, 0.25) is 0 Å². The predicted molar refractivity (Wildman–Crippen MR) is 74.1 cm³/mol. The smallest absolute Gasteiger partial charge is 0.489 e. The number of hydrogen-bond acceptors (Lipinski definition) is 3. The maximum absolute atomic E-state index is 12.1. The molecule has 0 saturated heterocycles. The normalized spacial score (nSPS) is 13.1. The molecule has 0 aliphatic heterocycles. The summed E-state index contributed by atoms with van der Waals surface area (Å²) in [5.41, 5.74) is 0. The first kappa shape index (κ1) is 17.1. The largest absolute Gasteiger partial charge is 0.573 e. The molecule has 0 spiro atoms. The summed E-state index contributed by atoms with van der Waals surface area (Å²) in [5, 5.41) is 3.20. The second-order valence-corrected chi connectivity index (χ2v) is 5.13. The Morgan fingerprint density at radius 1 is 1.35 bits per heavy atom. The van der Waals surface area contributed by atoms with Crippen LogP contribution in [0.2, 0.25) is 0 Å². The molecule has 0 heterocycles. The molecule has 1 aromatic carbocycles. The van der Waals surface area contributed by atoms with Gasteiger partial charge in [-0.1, -0.05) is 6.92 Å². The maximum atomic E-state index is 12.1. The molecule has 20 heavy (non-hydrogen) atoms. The molecule has 0 saturated carbocycles. The Morgan fingerprint density at radius 3 is 2.60 bits per heavy atom. The maximum Gasteiger partial charge on any atom is 0.573 e. The fourth-order valence-corrected chi connectivity index (χ4v) is 1.96. The summed E-state index contributed by atoms with van der Waals surface area (Å²) >= 11 is 3.03. The molecule has 1 unspecified atom stereocenters. The van der Waals surface area contributed by atoms with Gasteiger partial charge in [0.15, 0.2) is 0 Å². The lowest BCUT2D eigenvalue weighted by molar-refractivity contribution is -0.274. The van der Waals surface area contributed by atoms with E-state index in [0.29, 0.717) is 12.3 Å². The van der Waals surface area contributed by atoms with E-state index in [4.69, 9.17) is 4.74 Å². The van der Waals surface area contributed by atoms with Crippen LogP contribution in [-0.2, 0) is 0 Å². The van der Waals surface area contributed by atoms with Gasteiger partial charge in [0, 0.05) is 6.54 Å². The van der Waals surface area contributed by atoms with E-state index in [1.807, 2.05) is 6.92 Å². The van der Waals surface area contributed by atoms with Crippen LogP contribution < -0.4 is 14.8 Å². The molecule has 0 bridgehead atoms. The van der Waals surface area contributed by atoms with Crippen molar-refractivity contribution >= 4 is 15.9 Å². The Labute approximate surface area is 124 Å². The van der Waals surface area contributed by atoms with Crippen LogP contribution in [0.1, 0.15) is 20.3 Å². The number of alkyl halides is 3. The average molecular weight is 356 g/mol. The van der Waals surface area contributed by atoms with Gasteiger partial charge in [0.05, 0.1) is 4.47 Å². The number of benzene rings is 1. The molecule has 1 atom stereocenters.